The van der Waals surface area contributed by atoms with Gasteiger partial charge in [-0.15, -0.1) is 5.10 Å². The van der Waals surface area contributed by atoms with Gasteiger partial charge in [0.05, 0.1) is 6.20 Å². The third-order valence-electron chi connectivity index (χ3n) is 4.67. The number of nitrogens with zero attached hydrogens (tertiary/aromatic N) is 2. The van der Waals surface area contributed by atoms with Gasteiger partial charge < -0.3 is 5.32 Å². The van der Waals surface area contributed by atoms with Gasteiger partial charge in [0.25, 0.3) is 0 Å². The van der Waals surface area contributed by atoms with E-state index >= 15 is 0 Å². The van der Waals surface area contributed by atoms with Crippen LogP contribution in [0.3, 0.4) is 0 Å². The molecule has 0 aliphatic heterocycles. The average molecular weight is 269 g/mol. The van der Waals surface area contributed by atoms with Gasteiger partial charge in [-0.3, -0.25) is 0 Å². The summed E-state index contributed by atoms with van der Waals surface area (Å²) in [6.07, 6.45) is 8.66. The van der Waals surface area contributed by atoms with E-state index in [4.69, 9.17) is 0 Å². The summed E-state index contributed by atoms with van der Waals surface area (Å²) in [5, 5.41) is 14.2. The fraction of sp³-hybridized carbons (Fsp3) is 0.529. The summed E-state index contributed by atoms with van der Waals surface area (Å²) < 4.78 is 0. The van der Waals surface area contributed by atoms with Crippen molar-refractivity contribution in [2.45, 2.75) is 39.0 Å². The lowest BCUT2D eigenvalue weighted by atomic mass is 9.81. The molecule has 1 heterocycles. The van der Waals surface area contributed by atoms with Gasteiger partial charge in [0.1, 0.15) is 0 Å². The molecule has 3 heteroatoms. The van der Waals surface area contributed by atoms with Crippen molar-refractivity contribution in [1.29, 1.82) is 0 Å². The van der Waals surface area contributed by atoms with E-state index in [1.54, 1.807) is 0 Å². The van der Waals surface area contributed by atoms with Crippen LogP contribution < -0.4 is 5.32 Å². The highest BCUT2D eigenvalue weighted by Gasteiger charge is 2.19. The fourth-order valence-electron chi connectivity index (χ4n) is 3.24. The molecule has 106 valence electrons. The Morgan fingerprint density at radius 1 is 1.10 bits per heavy atom. The highest BCUT2D eigenvalue weighted by atomic mass is 15.2. The minimum absolute atomic E-state index is 0.790. The van der Waals surface area contributed by atoms with Crippen molar-refractivity contribution in [3.63, 3.8) is 0 Å². The number of hydrogen-bond acceptors (Lipinski definition) is 3. The Morgan fingerprint density at radius 3 is 2.65 bits per heavy atom. The van der Waals surface area contributed by atoms with E-state index in [2.05, 4.69) is 40.6 Å². The number of benzene rings is 1. The van der Waals surface area contributed by atoms with Crippen LogP contribution in [-0.2, 0) is 0 Å². The van der Waals surface area contributed by atoms with Gasteiger partial charge in [0.15, 0.2) is 5.82 Å². The number of nitrogens with one attached hydrogen (secondary N) is 1. The molecule has 1 fully saturated rings. The summed E-state index contributed by atoms with van der Waals surface area (Å²) in [5.74, 6) is 2.68. The Hall–Kier alpha value is -1.64. The van der Waals surface area contributed by atoms with Crippen LogP contribution in [-0.4, -0.2) is 16.7 Å². The van der Waals surface area contributed by atoms with Gasteiger partial charge in [0.2, 0.25) is 0 Å². The first kappa shape index (κ1) is 13.3. The SMILES string of the molecule is CCC1CCC(CNc2nncc3ccccc23)CC1. The first-order valence-electron chi connectivity index (χ1n) is 7.81. The maximum atomic E-state index is 4.26. The van der Waals surface area contributed by atoms with Gasteiger partial charge >= 0.3 is 0 Å². The first-order valence-corrected chi connectivity index (χ1v) is 7.81. The molecule has 0 saturated heterocycles. The molecule has 3 nitrogen and oxygen atoms in total. The van der Waals surface area contributed by atoms with Crippen molar-refractivity contribution < 1.29 is 0 Å². The molecule has 1 saturated carbocycles. The van der Waals surface area contributed by atoms with Crippen molar-refractivity contribution in [3.8, 4) is 0 Å². The maximum Gasteiger partial charge on any atom is 0.156 e. The standard InChI is InChI=1S/C17H23N3/c1-2-13-7-9-14(10-8-13)11-18-17-16-6-4-3-5-15(16)12-19-20-17/h3-6,12-14H,2,7-11H2,1H3,(H,18,20). The molecule has 1 aliphatic carbocycles. The zero-order valence-corrected chi connectivity index (χ0v) is 12.2. The lowest BCUT2D eigenvalue weighted by Gasteiger charge is -2.28. The summed E-state index contributed by atoms with van der Waals surface area (Å²) in [5.41, 5.74) is 0. The maximum absolute atomic E-state index is 4.26. The molecule has 3 rings (SSSR count). The number of rotatable bonds is 4. The molecule has 0 atom stereocenters. The molecule has 0 unspecified atom stereocenters. The smallest absolute Gasteiger partial charge is 0.156 e. The highest BCUT2D eigenvalue weighted by Crippen LogP contribution is 2.31. The summed E-state index contributed by atoms with van der Waals surface area (Å²) in [4.78, 5) is 0. The molecule has 1 N–H and O–H groups in total. The number of aromatic nitrogens is 2. The Labute approximate surface area is 120 Å². The van der Waals surface area contributed by atoms with Crippen LogP contribution in [0.5, 0.6) is 0 Å². The predicted molar refractivity (Wildman–Crippen MR) is 83.8 cm³/mol. The lowest BCUT2D eigenvalue weighted by Crippen LogP contribution is -2.21. The van der Waals surface area contributed by atoms with Crippen molar-refractivity contribution in [1.82, 2.24) is 10.2 Å². The van der Waals surface area contributed by atoms with Gasteiger partial charge in [-0.05, 0) is 24.7 Å². The lowest BCUT2D eigenvalue weighted by molar-refractivity contribution is 0.278. The number of anilines is 1. The van der Waals surface area contributed by atoms with Gasteiger partial charge in [-0.2, -0.15) is 5.10 Å². The van der Waals surface area contributed by atoms with Crippen LogP contribution in [0.25, 0.3) is 10.8 Å². The first-order chi connectivity index (χ1) is 9.86. The second kappa shape index (κ2) is 6.21. The molecule has 20 heavy (non-hydrogen) atoms. The number of fused-ring (bicyclic) bond motifs is 1. The monoisotopic (exact) mass is 269 g/mol. The molecule has 0 bridgehead atoms. The Morgan fingerprint density at radius 2 is 1.85 bits per heavy atom. The Kier molecular flexibility index (Phi) is 4.14. The minimum Gasteiger partial charge on any atom is -0.368 e. The van der Waals surface area contributed by atoms with Crippen molar-refractivity contribution in [2.24, 2.45) is 11.8 Å². The zero-order valence-electron chi connectivity index (χ0n) is 12.2. The van der Waals surface area contributed by atoms with Crippen LogP contribution in [0.15, 0.2) is 30.5 Å². The van der Waals surface area contributed by atoms with Gasteiger partial charge in [-0.25, -0.2) is 0 Å². The average Bonchev–Trinajstić information content (AvgIpc) is 2.53. The third-order valence-corrected chi connectivity index (χ3v) is 4.67. The third kappa shape index (κ3) is 2.92. The van der Waals surface area contributed by atoms with Crippen LogP contribution in [0.4, 0.5) is 5.82 Å². The van der Waals surface area contributed by atoms with E-state index < -0.39 is 0 Å². The molecule has 1 aromatic carbocycles. The van der Waals surface area contributed by atoms with E-state index in [1.807, 2.05) is 12.3 Å². The molecular weight excluding hydrogens is 246 g/mol. The van der Waals surface area contributed by atoms with Gasteiger partial charge in [-0.1, -0.05) is 50.5 Å². The predicted octanol–water partition coefficient (Wildman–Crippen LogP) is 4.26. The summed E-state index contributed by atoms with van der Waals surface area (Å²) >= 11 is 0. The van der Waals surface area contributed by atoms with E-state index in [0.29, 0.717) is 0 Å². The highest BCUT2D eigenvalue weighted by molar-refractivity contribution is 5.90. The van der Waals surface area contributed by atoms with Crippen molar-refractivity contribution in [2.75, 3.05) is 11.9 Å². The quantitative estimate of drug-likeness (QED) is 0.901. The molecule has 1 aliphatic rings. The second-order valence-electron chi connectivity index (χ2n) is 5.96. The molecule has 0 radical (unpaired) electrons. The van der Waals surface area contributed by atoms with Crippen LogP contribution in [0.2, 0.25) is 0 Å². The normalized spacial score (nSPS) is 22.9. The van der Waals surface area contributed by atoms with E-state index in [9.17, 15) is 0 Å². The summed E-state index contributed by atoms with van der Waals surface area (Å²) in [6.45, 7) is 3.34. The van der Waals surface area contributed by atoms with Crippen LogP contribution in [0, 0.1) is 11.8 Å². The molecular formula is C17H23N3. The van der Waals surface area contributed by atoms with Crippen LogP contribution in [0.1, 0.15) is 39.0 Å². The second-order valence-corrected chi connectivity index (χ2v) is 5.96. The molecule has 2 aromatic rings. The Bertz CT molecular complexity index is 554. The fourth-order valence-corrected chi connectivity index (χ4v) is 3.24. The van der Waals surface area contributed by atoms with E-state index in [1.165, 1.54) is 37.5 Å². The van der Waals surface area contributed by atoms with Crippen molar-refractivity contribution in [3.05, 3.63) is 30.5 Å². The summed E-state index contributed by atoms with van der Waals surface area (Å²) in [6, 6.07) is 8.30. The van der Waals surface area contributed by atoms with E-state index in [0.717, 1.165) is 29.6 Å². The minimum atomic E-state index is 0.790. The summed E-state index contributed by atoms with van der Waals surface area (Å²) in [7, 11) is 0. The topological polar surface area (TPSA) is 37.8 Å². The number of hydrogen-bond donors (Lipinski definition) is 1. The molecule has 0 spiro atoms. The molecule has 0 amide bonds. The largest absolute Gasteiger partial charge is 0.368 e. The molecule has 1 aromatic heterocycles. The van der Waals surface area contributed by atoms with Crippen LogP contribution >= 0.6 is 0 Å². The van der Waals surface area contributed by atoms with Gasteiger partial charge in [0, 0.05) is 17.3 Å². The van der Waals surface area contributed by atoms with Crippen molar-refractivity contribution >= 4 is 16.6 Å². The zero-order chi connectivity index (χ0) is 13.8. The van der Waals surface area contributed by atoms with E-state index in [-0.39, 0.29) is 0 Å². The Balaban J connectivity index is 1.63.